The number of hydrogen-bond acceptors (Lipinski definition) is 3. The first kappa shape index (κ1) is 15.4. The highest BCUT2D eigenvalue weighted by Crippen LogP contribution is 2.26. The number of carbonyl (C=O) groups is 2. The van der Waals surface area contributed by atoms with Crippen molar-refractivity contribution in [2.24, 2.45) is 5.73 Å². The summed E-state index contributed by atoms with van der Waals surface area (Å²) in [4.78, 5) is 23.3. The smallest absolute Gasteiger partial charge is 0.319 e. The van der Waals surface area contributed by atoms with Crippen LogP contribution in [0.4, 0.5) is 10.5 Å². The van der Waals surface area contributed by atoms with Crippen molar-refractivity contribution in [3.8, 4) is 0 Å². The predicted octanol–water partition coefficient (Wildman–Crippen LogP) is 2.19. The van der Waals surface area contributed by atoms with E-state index in [1.165, 1.54) is 11.8 Å². The Kier molecular flexibility index (Phi) is 6.81. The molecule has 0 aliphatic carbocycles. The topological polar surface area (TPSA) is 84.2 Å². The van der Waals surface area contributed by atoms with Crippen molar-refractivity contribution < 1.29 is 9.59 Å². The lowest BCUT2D eigenvalue weighted by Gasteiger charge is -2.10. The van der Waals surface area contributed by atoms with Gasteiger partial charge in [-0.25, -0.2) is 4.79 Å². The number of benzene rings is 1. The minimum atomic E-state index is -0.382. The van der Waals surface area contributed by atoms with Gasteiger partial charge in [-0.3, -0.25) is 4.79 Å². The fourth-order valence-corrected chi connectivity index (χ4v) is 2.14. The van der Waals surface area contributed by atoms with Crippen molar-refractivity contribution in [2.45, 2.75) is 24.7 Å². The third kappa shape index (κ3) is 6.15. The lowest BCUT2D eigenvalue weighted by Crippen LogP contribution is -2.29. The molecule has 0 saturated heterocycles. The van der Waals surface area contributed by atoms with Crippen molar-refractivity contribution in [3.05, 3.63) is 24.3 Å². The van der Waals surface area contributed by atoms with E-state index in [1.54, 1.807) is 6.07 Å². The number of rotatable bonds is 7. The van der Waals surface area contributed by atoms with Crippen molar-refractivity contribution in [1.29, 1.82) is 0 Å². The fraction of sp³-hybridized carbons (Fsp3) is 0.385. The number of carbonyl (C=O) groups excluding carboxylic acids is 2. The number of nitrogens with one attached hydrogen (secondary N) is 2. The molecule has 19 heavy (non-hydrogen) atoms. The zero-order chi connectivity index (χ0) is 14.1. The van der Waals surface area contributed by atoms with E-state index in [0.717, 1.165) is 17.7 Å². The van der Waals surface area contributed by atoms with Crippen LogP contribution in [-0.2, 0) is 4.79 Å². The van der Waals surface area contributed by atoms with Crippen LogP contribution in [0.25, 0.3) is 0 Å². The highest BCUT2D eigenvalue weighted by Gasteiger charge is 2.07. The largest absolute Gasteiger partial charge is 0.369 e. The SMILES string of the molecule is CCCCNC(=O)Nc1ccccc1SCC(N)=O. The quantitative estimate of drug-likeness (QED) is 0.529. The van der Waals surface area contributed by atoms with Gasteiger partial charge < -0.3 is 16.4 Å². The Morgan fingerprint density at radius 1 is 1.32 bits per heavy atom. The van der Waals surface area contributed by atoms with Crippen LogP contribution in [0.3, 0.4) is 0 Å². The highest BCUT2D eigenvalue weighted by molar-refractivity contribution is 8.00. The van der Waals surface area contributed by atoms with Gasteiger partial charge in [-0.2, -0.15) is 0 Å². The Labute approximate surface area is 117 Å². The average molecular weight is 281 g/mol. The van der Waals surface area contributed by atoms with Gasteiger partial charge >= 0.3 is 6.03 Å². The van der Waals surface area contributed by atoms with Crippen LogP contribution in [0.15, 0.2) is 29.2 Å². The normalized spacial score (nSPS) is 9.95. The first-order valence-corrected chi connectivity index (χ1v) is 7.17. The summed E-state index contributed by atoms with van der Waals surface area (Å²) in [5.74, 6) is -0.192. The first-order valence-electron chi connectivity index (χ1n) is 6.18. The Morgan fingerprint density at radius 3 is 2.74 bits per heavy atom. The van der Waals surface area contributed by atoms with Crippen molar-refractivity contribution in [2.75, 3.05) is 17.6 Å². The predicted molar refractivity (Wildman–Crippen MR) is 78.3 cm³/mol. The fourth-order valence-electron chi connectivity index (χ4n) is 1.39. The van der Waals surface area contributed by atoms with Gasteiger partial charge in [0.05, 0.1) is 11.4 Å². The Balaban J connectivity index is 2.56. The van der Waals surface area contributed by atoms with E-state index in [-0.39, 0.29) is 17.7 Å². The van der Waals surface area contributed by atoms with E-state index in [1.807, 2.05) is 18.2 Å². The van der Waals surface area contributed by atoms with Crippen LogP contribution in [0.5, 0.6) is 0 Å². The number of nitrogens with two attached hydrogens (primary N) is 1. The van der Waals surface area contributed by atoms with Crippen LogP contribution in [0.2, 0.25) is 0 Å². The second-order valence-electron chi connectivity index (χ2n) is 3.99. The van der Waals surface area contributed by atoms with Gasteiger partial charge in [0.2, 0.25) is 5.91 Å². The Morgan fingerprint density at radius 2 is 2.05 bits per heavy atom. The summed E-state index contributed by atoms with van der Waals surface area (Å²) >= 11 is 1.31. The van der Waals surface area contributed by atoms with E-state index in [9.17, 15) is 9.59 Å². The highest BCUT2D eigenvalue weighted by atomic mass is 32.2. The molecule has 1 rings (SSSR count). The monoisotopic (exact) mass is 281 g/mol. The number of anilines is 1. The molecule has 3 amide bonds. The molecule has 0 heterocycles. The van der Waals surface area contributed by atoms with E-state index in [4.69, 9.17) is 5.73 Å². The summed E-state index contributed by atoms with van der Waals surface area (Å²) in [7, 11) is 0. The molecular formula is C13H19N3O2S. The number of unbranched alkanes of at least 4 members (excludes halogenated alkanes) is 1. The van der Waals surface area contributed by atoms with Gasteiger partial charge in [0.1, 0.15) is 0 Å². The molecule has 1 aromatic rings. The molecule has 0 aliphatic heterocycles. The second-order valence-corrected chi connectivity index (χ2v) is 5.00. The lowest BCUT2D eigenvalue weighted by molar-refractivity contribution is -0.115. The van der Waals surface area contributed by atoms with Gasteiger partial charge in [-0.15, -0.1) is 11.8 Å². The minimum Gasteiger partial charge on any atom is -0.369 e. The van der Waals surface area contributed by atoms with Crippen LogP contribution in [0, 0.1) is 0 Å². The molecule has 1 aromatic carbocycles. The van der Waals surface area contributed by atoms with Gasteiger partial charge in [0.25, 0.3) is 0 Å². The maximum atomic E-state index is 11.7. The van der Waals surface area contributed by atoms with E-state index in [0.29, 0.717) is 12.2 Å². The molecule has 0 fully saturated rings. The van der Waals surface area contributed by atoms with Gasteiger partial charge in [-0.1, -0.05) is 25.5 Å². The summed E-state index contributed by atoms with van der Waals surface area (Å²) in [6.07, 6.45) is 1.98. The maximum Gasteiger partial charge on any atom is 0.319 e. The third-order valence-electron chi connectivity index (χ3n) is 2.32. The summed E-state index contributed by atoms with van der Waals surface area (Å²) in [6, 6.07) is 7.08. The van der Waals surface area contributed by atoms with E-state index in [2.05, 4.69) is 17.6 Å². The van der Waals surface area contributed by atoms with Gasteiger partial charge in [-0.05, 0) is 18.6 Å². The molecule has 0 aromatic heterocycles. The zero-order valence-corrected chi connectivity index (χ0v) is 11.8. The number of urea groups is 1. The van der Waals surface area contributed by atoms with E-state index < -0.39 is 0 Å². The molecule has 0 bridgehead atoms. The molecule has 5 nitrogen and oxygen atoms in total. The van der Waals surface area contributed by atoms with Crippen LogP contribution < -0.4 is 16.4 Å². The summed E-state index contributed by atoms with van der Waals surface area (Å²) < 4.78 is 0. The third-order valence-corrected chi connectivity index (χ3v) is 3.42. The molecule has 4 N–H and O–H groups in total. The number of para-hydroxylation sites is 1. The van der Waals surface area contributed by atoms with Crippen molar-refractivity contribution in [1.82, 2.24) is 5.32 Å². The van der Waals surface area contributed by atoms with Gasteiger partial charge in [0.15, 0.2) is 0 Å². The lowest BCUT2D eigenvalue weighted by atomic mass is 10.3. The molecule has 0 unspecified atom stereocenters. The van der Waals surface area contributed by atoms with Crippen LogP contribution >= 0.6 is 11.8 Å². The molecule has 0 aliphatic rings. The van der Waals surface area contributed by atoms with Crippen LogP contribution in [0.1, 0.15) is 19.8 Å². The number of hydrogen-bond donors (Lipinski definition) is 3. The standard InChI is InChI=1S/C13H19N3O2S/c1-2-3-8-15-13(18)16-10-6-4-5-7-11(10)19-9-12(14)17/h4-7H,2-3,8-9H2,1H3,(H2,14,17)(H2,15,16,18). The number of primary amides is 1. The average Bonchev–Trinajstić information content (AvgIpc) is 2.38. The summed E-state index contributed by atoms with van der Waals surface area (Å²) in [5, 5.41) is 5.54. The molecule has 0 atom stereocenters. The second kappa shape index (κ2) is 8.42. The Bertz CT molecular complexity index is 438. The maximum absolute atomic E-state index is 11.7. The molecule has 104 valence electrons. The number of amides is 3. The van der Waals surface area contributed by atoms with Crippen LogP contribution in [-0.4, -0.2) is 24.2 Å². The molecule has 0 spiro atoms. The molecule has 6 heteroatoms. The minimum absolute atomic E-state index is 0.191. The van der Waals surface area contributed by atoms with Crippen molar-refractivity contribution >= 4 is 29.4 Å². The number of thioether (sulfide) groups is 1. The van der Waals surface area contributed by atoms with Crippen molar-refractivity contribution in [3.63, 3.8) is 0 Å². The Hall–Kier alpha value is -1.69. The van der Waals surface area contributed by atoms with Gasteiger partial charge in [0, 0.05) is 11.4 Å². The zero-order valence-electron chi connectivity index (χ0n) is 10.9. The molecule has 0 radical (unpaired) electrons. The molecule has 0 saturated carbocycles. The summed E-state index contributed by atoms with van der Waals surface area (Å²) in [5.41, 5.74) is 5.80. The summed E-state index contributed by atoms with van der Waals surface area (Å²) in [6.45, 7) is 2.72. The first-order chi connectivity index (χ1) is 9.13. The molecular weight excluding hydrogens is 262 g/mol. The van der Waals surface area contributed by atoms with E-state index >= 15 is 0 Å².